The molecule has 3 rings (SSSR count). The van der Waals surface area contributed by atoms with Gasteiger partial charge >= 0.3 is 0 Å². The Hall–Kier alpha value is -3.32. The van der Waals surface area contributed by atoms with Crippen LogP contribution in [0.25, 0.3) is 0 Å². The maximum absolute atomic E-state index is 11.9. The summed E-state index contributed by atoms with van der Waals surface area (Å²) in [6.45, 7) is 0.715. The fourth-order valence-corrected chi connectivity index (χ4v) is 2.64. The molecule has 0 aliphatic carbocycles. The lowest BCUT2D eigenvalue weighted by atomic mass is 10.1. The van der Waals surface area contributed by atoms with E-state index >= 15 is 0 Å². The third kappa shape index (κ3) is 5.58. The summed E-state index contributed by atoms with van der Waals surface area (Å²) in [6, 6.07) is 18.3. The second-order valence-corrected chi connectivity index (χ2v) is 6.29. The van der Waals surface area contributed by atoms with Crippen LogP contribution >= 0.6 is 12.2 Å². The molecule has 0 aliphatic heterocycles. The van der Waals surface area contributed by atoms with Crippen LogP contribution in [0.1, 0.15) is 16.1 Å². The van der Waals surface area contributed by atoms with E-state index in [0.717, 1.165) is 17.8 Å². The van der Waals surface area contributed by atoms with Crippen molar-refractivity contribution in [3.05, 3.63) is 78.3 Å². The van der Waals surface area contributed by atoms with Crippen molar-refractivity contribution < 1.29 is 9.21 Å². The average Bonchev–Trinajstić information content (AvgIpc) is 3.20. The van der Waals surface area contributed by atoms with Gasteiger partial charge in [-0.3, -0.25) is 4.79 Å². The van der Waals surface area contributed by atoms with Crippen molar-refractivity contribution in [1.82, 2.24) is 5.32 Å². The van der Waals surface area contributed by atoms with Gasteiger partial charge in [0.2, 0.25) is 0 Å². The van der Waals surface area contributed by atoms with E-state index in [9.17, 15) is 4.79 Å². The Labute approximate surface area is 162 Å². The molecule has 1 heterocycles. The Morgan fingerprint density at radius 3 is 2.26 bits per heavy atom. The molecule has 1 amide bonds. The molecule has 2 aromatic carbocycles. The van der Waals surface area contributed by atoms with Crippen molar-refractivity contribution in [3.8, 4) is 0 Å². The zero-order valence-corrected chi connectivity index (χ0v) is 15.4. The second kappa shape index (κ2) is 8.86. The molecule has 6 nitrogen and oxygen atoms in total. The van der Waals surface area contributed by atoms with Gasteiger partial charge in [-0.1, -0.05) is 12.1 Å². The van der Waals surface area contributed by atoms with Crippen LogP contribution in [0.15, 0.2) is 71.3 Å². The highest BCUT2D eigenvalue weighted by Crippen LogP contribution is 2.15. The van der Waals surface area contributed by atoms with Crippen LogP contribution < -0.4 is 21.7 Å². The number of hydrogen-bond acceptors (Lipinski definition) is 4. The predicted molar refractivity (Wildman–Crippen MR) is 112 cm³/mol. The van der Waals surface area contributed by atoms with Crippen LogP contribution in [-0.4, -0.2) is 17.6 Å². The first-order valence-electron chi connectivity index (χ1n) is 8.44. The molecule has 0 saturated carbocycles. The molecule has 0 bridgehead atoms. The summed E-state index contributed by atoms with van der Waals surface area (Å²) in [5.41, 5.74) is 9.13. The minimum Gasteiger partial charge on any atom is -0.459 e. The van der Waals surface area contributed by atoms with E-state index in [1.807, 2.05) is 36.4 Å². The van der Waals surface area contributed by atoms with Crippen molar-refractivity contribution in [1.29, 1.82) is 0 Å². The van der Waals surface area contributed by atoms with Crippen molar-refractivity contribution in [3.63, 3.8) is 0 Å². The van der Waals surface area contributed by atoms with E-state index in [1.165, 1.54) is 11.8 Å². The first kappa shape index (κ1) is 18.5. The van der Waals surface area contributed by atoms with E-state index in [1.54, 1.807) is 24.3 Å². The normalized spacial score (nSPS) is 10.2. The zero-order chi connectivity index (χ0) is 19.1. The molecule has 0 unspecified atom stereocenters. The lowest BCUT2D eigenvalue weighted by Gasteiger charge is -2.11. The first-order chi connectivity index (χ1) is 13.1. The number of hydrogen-bond donors (Lipinski definition) is 4. The smallest absolute Gasteiger partial charge is 0.291 e. The van der Waals surface area contributed by atoms with E-state index in [2.05, 4.69) is 16.0 Å². The van der Waals surface area contributed by atoms with Gasteiger partial charge in [0, 0.05) is 23.6 Å². The number of nitrogens with one attached hydrogen (secondary N) is 3. The Bertz CT molecular complexity index is 891. The molecule has 7 heteroatoms. The van der Waals surface area contributed by atoms with Crippen LogP contribution in [0.3, 0.4) is 0 Å². The molecular weight excluding hydrogens is 360 g/mol. The molecule has 27 heavy (non-hydrogen) atoms. The lowest BCUT2D eigenvalue weighted by Crippen LogP contribution is -2.30. The quantitative estimate of drug-likeness (QED) is 0.385. The monoisotopic (exact) mass is 380 g/mol. The van der Waals surface area contributed by atoms with Gasteiger partial charge in [-0.05, 0) is 72.7 Å². The molecule has 0 saturated heterocycles. The number of rotatable bonds is 6. The summed E-state index contributed by atoms with van der Waals surface area (Å²) in [7, 11) is 0. The molecule has 3 aromatic rings. The minimum atomic E-state index is -0.291. The van der Waals surface area contributed by atoms with E-state index in [4.69, 9.17) is 22.4 Å². The van der Waals surface area contributed by atoms with Gasteiger partial charge in [0.15, 0.2) is 10.9 Å². The Kier molecular flexibility index (Phi) is 6.06. The summed E-state index contributed by atoms with van der Waals surface area (Å²) in [4.78, 5) is 11.9. The maximum Gasteiger partial charge on any atom is 0.291 e. The molecule has 1 aromatic heterocycles. The molecule has 0 atom stereocenters. The molecular formula is C20H20N4O2S. The predicted octanol–water partition coefficient (Wildman–Crippen LogP) is 3.64. The van der Waals surface area contributed by atoms with Gasteiger partial charge < -0.3 is 26.1 Å². The Morgan fingerprint density at radius 2 is 1.63 bits per heavy atom. The maximum atomic E-state index is 11.9. The third-order valence-corrected chi connectivity index (χ3v) is 4.07. The number of benzene rings is 2. The van der Waals surface area contributed by atoms with Crippen LogP contribution in [-0.2, 0) is 6.42 Å². The number of nitrogens with two attached hydrogens (primary N) is 1. The zero-order valence-electron chi connectivity index (χ0n) is 14.6. The van der Waals surface area contributed by atoms with Gasteiger partial charge in [-0.15, -0.1) is 0 Å². The van der Waals surface area contributed by atoms with Crippen molar-refractivity contribution in [2.45, 2.75) is 6.42 Å². The standard InChI is InChI=1S/C20H20N4O2S/c21-15-5-3-14(4-6-15)11-12-22-20(27)24-17-9-7-16(8-10-17)23-19(25)18-2-1-13-26-18/h1-10,13H,11-12,21H2,(H,23,25)(H2,22,24,27). The van der Waals surface area contributed by atoms with Crippen LogP contribution in [0.2, 0.25) is 0 Å². The number of nitrogen functional groups attached to an aromatic ring is 1. The molecule has 138 valence electrons. The van der Waals surface area contributed by atoms with Gasteiger partial charge in [-0.25, -0.2) is 0 Å². The highest BCUT2D eigenvalue weighted by Gasteiger charge is 2.08. The largest absolute Gasteiger partial charge is 0.459 e. The molecule has 0 fully saturated rings. The lowest BCUT2D eigenvalue weighted by molar-refractivity contribution is 0.0996. The molecule has 0 aliphatic rings. The number of carbonyl (C=O) groups excluding carboxylic acids is 1. The van der Waals surface area contributed by atoms with Crippen molar-refractivity contribution in [2.24, 2.45) is 0 Å². The minimum absolute atomic E-state index is 0.267. The Morgan fingerprint density at radius 1 is 0.963 bits per heavy atom. The van der Waals surface area contributed by atoms with Crippen molar-refractivity contribution in [2.75, 3.05) is 22.9 Å². The summed E-state index contributed by atoms with van der Waals surface area (Å²) in [6.07, 6.45) is 2.31. The van der Waals surface area contributed by atoms with Gasteiger partial charge in [0.1, 0.15) is 0 Å². The fourth-order valence-electron chi connectivity index (χ4n) is 2.42. The van der Waals surface area contributed by atoms with Crippen molar-refractivity contribution >= 4 is 40.3 Å². The number of furan rings is 1. The summed E-state index contributed by atoms with van der Waals surface area (Å²) >= 11 is 5.30. The highest BCUT2D eigenvalue weighted by molar-refractivity contribution is 7.80. The second-order valence-electron chi connectivity index (χ2n) is 5.88. The summed E-state index contributed by atoms with van der Waals surface area (Å²) < 4.78 is 5.06. The third-order valence-electron chi connectivity index (χ3n) is 3.82. The average molecular weight is 380 g/mol. The van der Waals surface area contributed by atoms with Gasteiger partial charge in [-0.2, -0.15) is 0 Å². The molecule has 0 spiro atoms. The van der Waals surface area contributed by atoms with E-state index in [-0.39, 0.29) is 11.7 Å². The number of anilines is 3. The highest BCUT2D eigenvalue weighted by atomic mass is 32.1. The molecule has 5 N–H and O–H groups in total. The van der Waals surface area contributed by atoms with Crippen LogP contribution in [0, 0.1) is 0 Å². The Balaban J connectivity index is 1.44. The SMILES string of the molecule is Nc1ccc(CCNC(=S)Nc2ccc(NC(=O)c3ccco3)cc2)cc1. The number of amides is 1. The first-order valence-corrected chi connectivity index (χ1v) is 8.85. The summed E-state index contributed by atoms with van der Waals surface area (Å²) in [5.74, 6) is -0.0238. The summed E-state index contributed by atoms with van der Waals surface area (Å²) in [5, 5.41) is 9.58. The van der Waals surface area contributed by atoms with E-state index in [0.29, 0.717) is 17.3 Å². The number of carbonyl (C=O) groups is 1. The molecule has 0 radical (unpaired) electrons. The van der Waals surface area contributed by atoms with Gasteiger partial charge in [0.05, 0.1) is 6.26 Å². The van der Waals surface area contributed by atoms with Crippen LogP contribution in [0.5, 0.6) is 0 Å². The number of thiocarbonyl (C=S) groups is 1. The van der Waals surface area contributed by atoms with Crippen LogP contribution in [0.4, 0.5) is 17.1 Å². The van der Waals surface area contributed by atoms with E-state index < -0.39 is 0 Å². The fraction of sp³-hybridized carbons (Fsp3) is 0.100. The topological polar surface area (TPSA) is 92.3 Å². The van der Waals surface area contributed by atoms with Gasteiger partial charge in [0.25, 0.3) is 5.91 Å².